The number of aromatic nitrogens is 2. The molecule has 29 heavy (non-hydrogen) atoms. The Morgan fingerprint density at radius 1 is 1.21 bits per heavy atom. The van der Waals surface area contributed by atoms with Crippen LogP contribution in [0.25, 0.3) is 10.6 Å². The predicted molar refractivity (Wildman–Crippen MR) is 115 cm³/mol. The van der Waals surface area contributed by atoms with Crippen molar-refractivity contribution in [1.82, 2.24) is 20.5 Å². The highest BCUT2D eigenvalue weighted by molar-refractivity contribution is 7.16. The minimum atomic E-state index is 0.685. The smallest absolute Gasteiger partial charge is 0.110 e. The molecule has 2 N–H and O–H groups in total. The number of hydrogen-bond acceptors (Lipinski definition) is 7. The Hall–Kier alpha value is -2.70. The van der Waals surface area contributed by atoms with Crippen molar-refractivity contribution in [2.45, 2.75) is 6.42 Å². The molecule has 1 aliphatic rings. The lowest BCUT2D eigenvalue weighted by Crippen LogP contribution is -2.39. The molecule has 0 saturated carbocycles. The summed E-state index contributed by atoms with van der Waals surface area (Å²) < 4.78 is 5.42. The summed E-state index contributed by atoms with van der Waals surface area (Å²) in [5, 5.41) is 18.6. The highest BCUT2D eigenvalue weighted by atomic mass is 32.1. The van der Waals surface area contributed by atoms with Crippen LogP contribution in [0.15, 0.2) is 48.7 Å². The Kier molecular flexibility index (Phi) is 6.54. The maximum absolute atomic E-state index is 9.16. The number of para-hydroxylation sites is 1. The van der Waals surface area contributed by atoms with Crippen molar-refractivity contribution in [3.05, 3.63) is 53.5 Å². The van der Waals surface area contributed by atoms with Gasteiger partial charge in [0.15, 0.2) is 0 Å². The SMILES string of the molecule is N#Cc1ccc(-c2[nH]ncc2N(NCCCN2CCOCC2)c2ccccc2)s1. The first kappa shape index (κ1) is 19.6. The maximum atomic E-state index is 9.16. The monoisotopic (exact) mass is 408 g/mol. The number of benzene rings is 1. The van der Waals surface area contributed by atoms with Gasteiger partial charge in [-0.15, -0.1) is 11.3 Å². The first-order chi connectivity index (χ1) is 14.3. The zero-order valence-electron chi connectivity index (χ0n) is 16.2. The number of aromatic amines is 1. The van der Waals surface area contributed by atoms with Crippen LogP contribution in [0.3, 0.4) is 0 Å². The van der Waals surface area contributed by atoms with Gasteiger partial charge in [-0.3, -0.25) is 15.0 Å². The van der Waals surface area contributed by atoms with E-state index in [1.807, 2.05) is 36.5 Å². The summed E-state index contributed by atoms with van der Waals surface area (Å²) in [4.78, 5) is 4.12. The second-order valence-corrected chi connectivity index (χ2v) is 7.88. The molecule has 0 unspecified atom stereocenters. The molecule has 2 aromatic heterocycles. The van der Waals surface area contributed by atoms with Crippen LogP contribution < -0.4 is 10.4 Å². The summed E-state index contributed by atoms with van der Waals surface area (Å²) in [5.41, 5.74) is 6.45. The molecule has 1 saturated heterocycles. The molecule has 0 radical (unpaired) electrons. The fraction of sp³-hybridized carbons (Fsp3) is 0.333. The average molecular weight is 409 g/mol. The molecule has 0 aliphatic carbocycles. The van der Waals surface area contributed by atoms with Crippen molar-refractivity contribution in [3.63, 3.8) is 0 Å². The van der Waals surface area contributed by atoms with Crippen molar-refractivity contribution < 1.29 is 4.74 Å². The molecular weight excluding hydrogens is 384 g/mol. The van der Waals surface area contributed by atoms with E-state index in [1.54, 1.807) is 0 Å². The summed E-state index contributed by atoms with van der Waals surface area (Å²) in [6.45, 7) is 5.56. The number of hydrazine groups is 1. The molecular formula is C21H24N6OS. The second kappa shape index (κ2) is 9.67. The van der Waals surface area contributed by atoms with Gasteiger partial charge in [-0.25, -0.2) is 5.43 Å². The molecule has 0 spiro atoms. The molecule has 0 amide bonds. The Labute approximate surface area is 174 Å². The number of nitriles is 1. The van der Waals surface area contributed by atoms with Crippen molar-refractivity contribution >= 4 is 22.7 Å². The van der Waals surface area contributed by atoms with E-state index in [-0.39, 0.29) is 0 Å². The number of rotatable bonds is 8. The van der Waals surface area contributed by atoms with E-state index in [4.69, 9.17) is 10.00 Å². The number of hydrogen-bond donors (Lipinski definition) is 2. The third kappa shape index (κ3) is 4.83. The Morgan fingerprint density at radius 3 is 2.79 bits per heavy atom. The van der Waals surface area contributed by atoms with E-state index in [0.717, 1.165) is 67.8 Å². The largest absolute Gasteiger partial charge is 0.379 e. The van der Waals surface area contributed by atoms with Crippen molar-refractivity contribution in [2.75, 3.05) is 44.4 Å². The topological polar surface area (TPSA) is 80.2 Å². The standard InChI is InChI=1S/C21H24N6OS/c22-15-18-7-8-20(29-18)21-19(16-23-25-21)27(17-5-2-1-3-6-17)24-9-4-10-26-11-13-28-14-12-26/h1-3,5-8,16,24H,4,9-14H2,(H,23,25). The van der Waals surface area contributed by atoms with E-state index >= 15 is 0 Å². The molecule has 8 heteroatoms. The summed E-state index contributed by atoms with van der Waals surface area (Å²) in [6, 6.07) is 16.2. The Bertz CT molecular complexity index is 941. The zero-order valence-corrected chi connectivity index (χ0v) is 17.0. The van der Waals surface area contributed by atoms with Gasteiger partial charge in [-0.05, 0) is 37.2 Å². The highest BCUT2D eigenvalue weighted by Gasteiger charge is 2.18. The average Bonchev–Trinajstić information content (AvgIpc) is 3.44. The summed E-state index contributed by atoms with van der Waals surface area (Å²) in [7, 11) is 0. The quantitative estimate of drug-likeness (QED) is 0.439. The third-order valence-corrected chi connectivity index (χ3v) is 5.87. The van der Waals surface area contributed by atoms with Crippen LogP contribution >= 0.6 is 11.3 Å². The summed E-state index contributed by atoms with van der Waals surface area (Å²) >= 11 is 1.46. The van der Waals surface area contributed by atoms with Gasteiger partial charge in [0.05, 0.1) is 30.0 Å². The molecule has 0 bridgehead atoms. The molecule has 1 aliphatic heterocycles. The van der Waals surface area contributed by atoms with E-state index in [9.17, 15) is 0 Å². The van der Waals surface area contributed by atoms with Crippen LogP contribution in [0, 0.1) is 11.3 Å². The van der Waals surface area contributed by atoms with Gasteiger partial charge >= 0.3 is 0 Å². The maximum Gasteiger partial charge on any atom is 0.110 e. The van der Waals surface area contributed by atoms with E-state index in [0.29, 0.717) is 4.88 Å². The van der Waals surface area contributed by atoms with Crippen LogP contribution in [-0.4, -0.2) is 54.5 Å². The van der Waals surface area contributed by atoms with Crippen molar-refractivity contribution in [3.8, 4) is 16.6 Å². The first-order valence-electron chi connectivity index (χ1n) is 9.77. The molecule has 1 aromatic carbocycles. The van der Waals surface area contributed by atoms with Crippen molar-refractivity contribution in [1.29, 1.82) is 5.26 Å². The summed E-state index contributed by atoms with van der Waals surface area (Å²) in [5.74, 6) is 0. The van der Waals surface area contributed by atoms with Gasteiger partial charge in [0.2, 0.25) is 0 Å². The molecule has 0 atom stereocenters. The second-order valence-electron chi connectivity index (χ2n) is 6.79. The van der Waals surface area contributed by atoms with Gasteiger partial charge in [0.1, 0.15) is 22.3 Å². The van der Waals surface area contributed by atoms with Gasteiger partial charge < -0.3 is 4.74 Å². The lowest BCUT2D eigenvalue weighted by Gasteiger charge is -2.28. The minimum Gasteiger partial charge on any atom is -0.379 e. The van der Waals surface area contributed by atoms with E-state index < -0.39 is 0 Å². The van der Waals surface area contributed by atoms with Crippen LogP contribution in [0.4, 0.5) is 11.4 Å². The summed E-state index contributed by atoms with van der Waals surface area (Å²) in [6.07, 6.45) is 2.86. The van der Waals surface area contributed by atoms with Gasteiger partial charge in [-0.2, -0.15) is 10.4 Å². The van der Waals surface area contributed by atoms with Gasteiger partial charge in [0, 0.05) is 19.6 Å². The zero-order chi connectivity index (χ0) is 19.9. The van der Waals surface area contributed by atoms with E-state index in [1.165, 1.54) is 11.3 Å². The molecule has 1 fully saturated rings. The predicted octanol–water partition coefficient (Wildman–Crippen LogP) is 3.37. The number of anilines is 2. The molecule has 150 valence electrons. The van der Waals surface area contributed by atoms with Crippen LogP contribution in [0.2, 0.25) is 0 Å². The number of H-pyrrole nitrogens is 1. The fourth-order valence-corrected chi connectivity index (χ4v) is 4.18. The number of thiophene rings is 1. The molecule has 4 rings (SSSR count). The van der Waals surface area contributed by atoms with E-state index in [2.05, 4.69) is 43.7 Å². The van der Waals surface area contributed by atoms with Gasteiger partial charge in [0.25, 0.3) is 0 Å². The van der Waals surface area contributed by atoms with Crippen molar-refractivity contribution in [2.24, 2.45) is 0 Å². The third-order valence-electron chi connectivity index (χ3n) is 4.86. The first-order valence-corrected chi connectivity index (χ1v) is 10.6. The Balaban J connectivity index is 1.49. The number of nitrogens with one attached hydrogen (secondary N) is 2. The highest BCUT2D eigenvalue weighted by Crippen LogP contribution is 2.35. The molecule has 7 nitrogen and oxygen atoms in total. The number of ether oxygens (including phenoxy) is 1. The molecule has 3 heterocycles. The number of nitrogens with zero attached hydrogens (tertiary/aromatic N) is 4. The molecule has 3 aromatic rings. The van der Waals surface area contributed by atoms with Gasteiger partial charge in [-0.1, -0.05) is 18.2 Å². The normalized spacial score (nSPS) is 14.6. The lowest BCUT2D eigenvalue weighted by molar-refractivity contribution is 0.0374. The fourth-order valence-electron chi connectivity index (χ4n) is 3.37. The Morgan fingerprint density at radius 2 is 2.03 bits per heavy atom. The minimum absolute atomic E-state index is 0.685. The van der Waals surface area contributed by atoms with Crippen LogP contribution in [0.5, 0.6) is 0 Å². The van der Waals surface area contributed by atoms with Crippen LogP contribution in [-0.2, 0) is 4.74 Å². The lowest BCUT2D eigenvalue weighted by atomic mass is 10.2. The van der Waals surface area contributed by atoms with Crippen LogP contribution in [0.1, 0.15) is 11.3 Å². The number of morpholine rings is 1.